The van der Waals surface area contributed by atoms with Crippen LogP contribution in [0, 0.1) is 0 Å². The Morgan fingerprint density at radius 3 is 1.48 bits per heavy atom. The van der Waals surface area contributed by atoms with E-state index >= 15 is 0 Å². The molecule has 9 aromatic carbocycles. The lowest BCUT2D eigenvalue weighted by Crippen LogP contribution is -1.94. The van der Waals surface area contributed by atoms with E-state index in [1.165, 1.54) is 87.0 Å². The number of aromatic nitrogens is 3. The summed E-state index contributed by atoms with van der Waals surface area (Å²) in [4.78, 5) is 5.12. The maximum absolute atomic E-state index is 5.12. The van der Waals surface area contributed by atoms with Gasteiger partial charge >= 0.3 is 0 Å². The topological polar surface area (TPSA) is 30.7 Å². The van der Waals surface area contributed by atoms with Gasteiger partial charge < -0.3 is 4.57 Å². The van der Waals surface area contributed by atoms with Gasteiger partial charge in [-0.1, -0.05) is 152 Å². The fourth-order valence-corrected chi connectivity index (χ4v) is 10.7. The average Bonchev–Trinajstić information content (AvgIpc) is 4.07. The number of benzene rings is 9. The van der Waals surface area contributed by atoms with Crippen LogP contribution in [-0.2, 0) is 0 Å². The maximum atomic E-state index is 5.12. The first-order valence-corrected chi connectivity index (χ1v) is 22.1. The van der Waals surface area contributed by atoms with Crippen molar-refractivity contribution in [2.75, 3.05) is 0 Å². The van der Waals surface area contributed by atoms with Crippen LogP contribution >= 0.6 is 22.9 Å². The minimum atomic E-state index is 0.774. The molecule has 0 amide bonds. The molecule has 0 saturated carbocycles. The molecule has 0 saturated heterocycles. The quantitative estimate of drug-likeness (QED) is 0.160. The molecule has 0 N–H and O–H groups in total. The van der Waals surface area contributed by atoms with Crippen LogP contribution in [-0.4, -0.2) is 13.9 Å². The summed E-state index contributed by atoms with van der Waals surface area (Å²) in [6, 6.07) is 76.7. The highest BCUT2D eigenvalue weighted by atomic mass is 32.1. The monoisotopic (exact) mass is 813 g/mol. The van der Waals surface area contributed by atoms with E-state index in [-0.39, 0.29) is 0 Å². The minimum absolute atomic E-state index is 0.774. The van der Waals surface area contributed by atoms with Gasteiger partial charge in [-0.3, -0.25) is 0 Å². The van der Waals surface area contributed by atoms with Gasteiger partial charge in [0, 0.05) is 47.8 Å². The second kappa shape index (κ2) is 14.7. The van der Waals surface area contributed by atoms with Gasteiger partial charge in [-0.25, -0.2) is 4.98 Å². The Morgan fingerprint density at radius 2 is 0.852 bits per heavy atom. The molecule has 12 rings (SSSR count). The summed E-state index contributed by atoms with van der Waals surface area (Å²) in [6.07, 6.45) is 0. The molecule has 3 nitrogen and oxygen atoms in total. The summed E-state index contributed by atoms with van der Waals surface area (Å²) in [5.74, 6) is 0.774. The standard InChI is InChI=1S/C56H35N3S2/c1-3-12-36(13-4-1)39-16-9-18-41(32-39)43-26-30-46-47-31-27-44(42-19-10-17-40(33-42)37-14-5-2-6-15-37)35-52(47)59(51(46)34-43)45-28-24-38(25-29-45)56-57-55(58-61-56)50-22-11-21-49-48-20-7-8-23-53(48)60-54(49)50/h1-35H. The lowest BCUT2D eigenvalue weighted by Gasteiger charge is -2.11. The molecule has 12 aromatic rings. The molecule has 0 bridgehead atoms. The normalized spacial score (nSPS) is 11.6. The zero-order chi connectivity index (χ0) is 40.3. The first-order valence-electron chi connectivity index (χ1n) is 20.5. The molecule has 0 radical (unpaired) electrons. The van der Waals surface area contributed by atoms with Gasteiger partial charge in [0.05, 0.1) is 11.0 Å². The molecule has 0 atom stereocenters. The van der Waals surface area contributed by atoms with Gasteiger partial charge in [0.25, 0.3) is 0 Å². The number of thiophene rings is 1. The van der Waals surface area contributed by atoms with E-state index in [1.807, 2.05) is 11.3 Å². The summed E-state index contributed by atoms with van der Waals surface area (Å²) in [6.45, 7) is 0. The fraction of sp³-hybridized carbons (Fsp3) is 0. The van der Waals surface area contributed by atoms with Gasteiger partial charge in [0.1, 0.15) is 5.01 Å². The molecule has 61 heavy (non-hydrogen) atoms. The smallest absolute Gasteiger partial charge is 0.174 e. The summed E-state index contributed by atoms with van der Waals surface area (Å²) < 4.78 is 9.83. The van der Waals surface area contributed by atoms with Crippen molar-refractivity contribution in [1.82, 2.24) is 13.9 Å². The summed E-state index contributed by atoms with van der Waals surface area (Å²) in [5.41, 5.74) is 15.1. The number of rotatable bonds is 7. The van der Waals surface area contributed by atoms with Gasteiger partial charge in [-0.15, -0.1) is 11.3 Å². The number of hydrogen-bond donors (Lipinski definition) is 0. The predicted octanol–water partition coefficient (Wildman–Crippen LogP) is 16.0. The lowest BCUT2D eigenvalue weighted by molar-refractivity contribution is 1.18. The van der Waals surface area contributed by atoms with Gasteiger partial charge in [-0.2, -0.15) is 4.37 Å². The van der Waals surface area contributed by atoms with Crippen LogP contribution in [0.1, 0.15) is 0 Å². The number of nitrogens with zero attached hydrogens (tertiary/aromatic N) is 3. The van der Waals surface area contributed by atoms with Crippen molar-refractivity contribution in [2.24, 2.45) is 0 Å². The van der Waals surface area contributed by atoms with E-state index < -0.39 is 0 Å². The minimum Gasteiger partial charge on any atom is -0.309 e. The lowest BCUT2D eigenvalue weighted by atomic mass is 9.97. The van der Waals surface area contributed by atoms with E-state index in [9.17, 15) is 0 Å². The van der Waals surface area contributed by atoms with Crippen LogP contribution in [0.5, 0.6) is 0 Å². The largest absolute Gasteiger partial charge is 0.309 e. The molecule has 3 aromatic heterocycles. The third-order valence-corrected chi connectivity index (χ3v) is 13.8. The van der Waals surface area contributed by atoms with Crippen molar-refractivity contribution in [3.8, 4) is 72.2 Å². The highest BCUT2D eigenvalue weighted by Gasteiger charge is 2.18. The molecule has 0 unspecified atom stereocenters. The Labute approximate surface area is 361 Å². The summed E-state index contributed by atoms with van der Waals surface area (Å²) in [7, 11) is 0. The number of hydrogen-bond acceptors (Lipinski definition) is 4. The van der Waals surface area contributed by atoms with Gasteiger partial charge in [-0.05, 0) is 117 Å². The summed E-state index contributed by atoms with van der Waals surface area (Å²) in [5, 5.41) is 5.87. The van der Waals surface area contributed by atoms with Crippen LogP contribution in [0.3, 0.4) is 0 Å². The molecule has 5 heteroatoms. The zero-order valence-electron chi connectivity index (χ0n) is 32.9. The first kappa shape index (κ1) is 35.5. The molecule has 286 valence electrons. The van der Waals surface area contributed by atoms with E-state index in [2.05, 4.69) is 217 Å². The van der Waals surface area contributed by atoms with Crippen molar-refractivity contribution in [2.45, 2.75) is 0 Å². The third kappa shape index (κ3) is 6.26. The highest BCUT2D eigenvalue weighted by molar-refractivity contribution is 7.26. The Hall–Kier alpha value is -7.44. The predicted molar refractivity (Wildman–Crippen MR) is 260 cm³/mol. The molecule has 3 heterocycles. The van der Waals surface area contributed by atoms with E-state index in [0.717, 1.165) is 38.7 Å². The molecular weight excluding hydrogens is 779 g/mol. The average molecular weight is 814 g/mol. The van der Waals surface area contributed by atoms with Crippen molar-refractivity contribution < 1.29 is 0 Å². The van der Waals surface area contributed by atoms with Gasteiger partial charge in [0.2, 0.25) is 0 Å². The second-order valence-corrected chi connectivity index (χ2v) is 17.2. The van der Waals surface area contributed by atoms with Crippen molar-refractivity contribution in [1.29, 1.82) is 0 Å². The van der Waals surface area contributed by atoms with Crippen LogP contribution in [0.15, 0.2) is 212 Å². The third-order valence-electron chi connectivity index (χ3n) is 11.8. The van der Waals surface area contributed by atoms with E-state index in [1.54, 1.807) is 0 Å². The molecule has 0 spiro atoms. The zero-order valence-corrected chi connectivity index (χ0v) is 34.5. The molecule has 0 aliphatic rings. The Balaban J connectivity index is 0.976. The van der Waals surface area contributed by atoms with E-state index in [0.29, 0.717) is 0 Å². The number of fused-ring (bicyclic) bond motifs is 6. The SMILES string of the molecule is c1ccc(-c2cccc(-c3ccc4c5ccc(-c6cccc(-c7ccccc7)c6)cc5n(-c5ccc(-c6nc(-c7cccc8c7sc7ccccc78)ns6)cc5)c4c3)c2)cc1. The second-order valence-electron chi connectivity index (χ2n) is 15.4. The first-order chi connectivity index (χ1) is 30.2. The van der Waals surface area contributed by atoms with E-state index in [4.69, 9.17) is 9.36 Å². The fourth-order valence-electron chi connectivity index (χ4n) is 8.80. The maximum Gasteiger partial charge on any atom is 0.174 e. The van der Waals surface area contributed by atoms with Crippen LogP contribution in [0.25, 0.3) is 114 Å². The molecule has 0 aliphatic carbocycles. The van der Waals surface area contributed by atoms with Crippen molar-refractivity contribution in [3.63, 3.8) is 0 Å². The Bertz CT molecular complexity index is 3440. The Kier molecular flexibility index (Phi) is 8.54. The van der Waals surface area contributed by atoms with Crippen LogP contribution in [0.2, 0.25) is 0 Å². The molecule has 0 aliphatic heterocycles. The summed E-state index contributed by atoms with van der Waals surface area (Å²) >= 11 is 3.27. The van der Waals surface area contributed by atoms with Crippen molar-refractivity contribution >= 4 is 64.8 Å². The van der Waals surface area contributed by atoms with Crippen molar-refractivity contribution in [3.05, 3.63) is 212 Å². The molecular formula is C56H35N3S2. The van der Waals surface area contributed by atoms with Crippen LogP contribution in [0.4, 0.5) is 0 Å². The van der Waals surface area contributed by atoms with Gasteiger partial charge in [0.15, 0.2) is 5.82 Å². The van der Waals surface area contributed by atoms with Crippen LogP contribution < -0.4 is 0 Å². The highest BCUT2D eigenvalue weighted by Crippen LogP contribution is 2.41. The Morgan fingerprint density at radius 1 is 0.361 bits per heavy atom. The molecule has 0 fully saturated rings.